The number of para-hydroxylation sites is 1. The molecule has 3 rings (SSSR count). The van der Waals surface area contributed by atoms with Crippen LogP contribution in [0.4, 0.5) is 0 Å². The predicted octanol–water partition coefficient (Wildman–Crippen LogP) is 3.44. The lowest BCUT2D eigenvalue weighted by atomic mass is 9.98. The molecule has 0 saturated carbocycles. The largest absolute Gasteiger partial charge is 0.361 e. The monoisotopic (exact) mass is 581 g/mol. The smallest absolute Gasteiger partial charge is 0.242 e. The van der Waals surface area contributed by atoms with E-state index in [2.05, 4.69) is 26.3 Å². The highest BCUT2D eigenvalue weighted by Gasteiger charge is 2.29. The van der Waals surface area contributed by atoms with E-state index in [1.54, 1.807) is 6.92 Å². The molecule has 1 saturated heterocycles. The van der Waals surface area contributed by atoms with Crippen LogP contribution < -0.4 is 21.3 Å². The summed E-state index contributed by atoms with van der Waals surface area (Å²) in [4.78, 5) is 67.7. The Hall–Kier alpha value is -3.69. The number of Topliss-reactive ketones (excluding diaryl/α,β-unsaturated/α-hetero) is 1. The number of amides is 4. The summed E-state index contributed by atoms with van der Waals surface area (Å²) in [7, 11) is 0. The molecule has 1 aromatic heterocycles. The van der Waals surface area contributed by atoms with Crippen LogP contribution in [0.25, 0.3) is 10.9 Å². The third-order valence-corrected chi connectivity index (χ3v) is 7.72. The lowest BCUT2D eigenvalue weighted by Gasteiger charge is -2.27. The number of carbonyl (C=O) groups is 5. The highest BCUT2D eigenvalue weighted by molar-refractivity contribution is 5.92. The number of benzene rings is 1. The second kappa shape index (κ2) is 16.1. The van der Waals surface area contributed by atoms with Crippen molar-refractivity contribution >= 4 is 40.3 Å². The molecule has 230 valence electrons. The molecule has 2 heterocycles. The Morgan fingerprint density at radius 1 is 0.881 bits per heavy atom. The number of rotatable bonds is 11. The van der Waals surface area contributed by atoms with Gasteiger partial charge in [0, 0.05) is 54.9 Å². The zero-order chi connectivity index (χ0) is 30.6. The van der Waals surface area contributed by atoms with Gasteiger partial charge in [-0.3, -0.25) is 24.0 Å². The van der Waals surface area contributed by atoms with E-state index < -0.39 is 30.1 Å². The third-order valence-electron chi connectivity index (χ3n) is 7.72. The standard InChI is InChI=1S/C32H47N5O5/c1-5-25(38)11-7-6-8-14-28-32(42)36-24(16-22-19-33-27-13-10-9-12-26(22)27)18-30(40)35-23(15-20(2)3)17-29(39)34-21(4)31(41)37-28/h9-10,12-13,19-21,23-24,28,33H,5-8,11,14-18H2,1-4H3,(H,34,39)(H,35,40)(H,36,42)(H,37,41)/t21-,23-,24-,28-/m0/s1. The zero-order valence-corrected chi connectivity index (χ0v) is 25.4. The van der Waals surface area contributed by atoms with Crippen molar-refractivity contribution < 1.29 is 24.0 Å². The van der Waals surface area contributed by atoms with Crippen molar-refractivity contribution in [3.8, 4) is 0 Å². The topological polar surface area (TPSA) is 149 Å². The molecule has 1 aliphatic heterocycles. The van der Waals surface area contributed by atoms with Crippen LogP contribution in [0.2, 0.25) is 0 Å². The second-order valence-electron chi connectivity index (χ2n) is 11.9. The number of nitrogens with one attached hydrogen (secondary N) is 5. The molecule has 0 radical (unpaired) electrons. The fourth-order valence-corrected chi connectivity index (χ4v) is 5.49. The van der Waals surface area contributed by atoms with E-state index in [9.17, 15) is 24.0 Å². The lowest BCUT2D eigenvalue weighted by Crippen LogP contribution is -2.56. The lowest BCUT2D eigenvalue weighted by molar-refractivity contribution is -0.133. The average Bonchev–Trinajstić information content (AvgIpc) is 3.33. The number of H-pyrrole nitrogens is 1. The minimum absolute atomic E-state index is 0.0255. The number of aromatic nitrogens is 1. The average molecular weight is 582 g/mol. The molecule has 1 fully saturated rings. The first-order valence-corrected chi connectivity index (χ1v) is 15.3. The molecular weight excluding hydrogens is 534 g/mol. The van der Waals surface area contributed by atoms with Gasteiger partial charge in [0.25, 0.3) is 0 Å². The summed E-state index contributed by atoms with van der Waals surface area (Å²) in [6.45, 7) is 7.47. The van der Waals surface area contributed by atoms with Gasteiger partial charge in [-0.1, -0.05) is 51.8 Å². The van der Waals surface area contributed by atoms with E-state index in [0.717, 1.165) is 29.3 Å². The molecule has 4 atom stereocenters. The van der Waals surface area contributed by atoms with Gasteiger partial charge in [0.1, 0.15) is 17.9 Å². The summed E-state index contributed by atoms with van der Waals surface area (Å²) < 4.78 is 0. The van der Waals surface area contributed by atoms with Crippen LogP contribution in [-0.2, 0) is 30.4 Å². The first-order chi connectivity index (χ1) is 20.0. The van der Waals surface area contributed by atoms with Crippen LogP contribution in [0.1, 0.15) is 91.0 Å². The molecule has 0 spiro atoms. The first-order valence-electron chi connectivity index (χ1n) is 15.3. The van der Waals surface area contributed by atoms with E-state index in [1.165, 1.54) is 0 Å². The summed E-state index contributed by atoms with van der Waals surface area (Å²) in [5.41, 5.74) is 1.94. The first kappa shape index (κ1) is 32.8. The van der Waals surface area contributed by atoms with E-state index in [-0.39, 0.29) is 42.3 Å². The Kier molecular flexibility index (Phi) is 12.6. The van der Waals surface area contributed by atoms with Crippen molar-refractivity contribution in [3.63, 3.8) is 0 Å². The Balaban J connectivity index is 1.83. The van der Waals surface area contributed by atoms with Gasteiger partial charge in [0.2, 0.25) is 23.6 Å². The van der Waals surface area contributed by atoms with Crippen molar-refractivity contribution in [1.29, 1.82) is 0 Å². The summed E-state index contributed by atoms with van der Waals surface area (Å²) in [5.74, 6) is -0.954. The fraction of sp³-hybridized carbons (Fsp3) is 0.594. The number of hydrogen-bond acceptors (Lipinski definition) is 5. The number of unbranched alkanes of at least 4 members (excludes halogenated alkanes) is 2. The summed E-state index contributed by atoms with van der Waals surface area (Å²) in [6.07, 6.45) is 6.49. The Morgan fingerprint density at radius 2 is 1.60 bits per heavy atom. The van der Waals surface area contributed by atoms with Crippen LogP contribution >= 0.6 is 0 Å². The van der Waals surface area contributed by atoms with Crippen LogP contribution in [0, 0.1) is 5.92 Å². The van der Waals surface area contributed by atoms with Gasteiger partial charge in [-0.15, -0.1) is 0 Å². The molecule has 10 heteroatoms. The molecule has 1 aliphatic rings. The predicted molar refractivity (Wildman–Crippen MR) is 162 cm³/mol. The Bertz CT molecular complexity index is 1240. The maximum Gasteiger partial charge on any atom is 0.242 e. The normalized spacial score (nSPS) is 22.7. The molecule has 4 amide bonds. The zero-order valence-electron chi connectivity index (χ0n) is 25.4. The van der Waals surface area contributed by atoms with Gasteiger partial charge in [-0.05, 0) is 50.2 Å². The minimum atomic E-state index is -0.852. The Labute approximate surface area is 248 Å². The van der Waals surface area contributed by atoms with Crippen molar-refractivity contribution in [3.05, 3.63) is 36.0 Å². The second-order valence-corrected chi connectivity index (χ2v) is 11.9. The maximum absolute atomic E-state index is 13.6. The van der Waals surface area contributed by atoms with Gasteiger partial charge < -0.3 is 26.3 Å². The fourth-order valence-electron chi connectivity index (χ4n) is 5.49. The molecule has 1 aromatic carbocycles. The maximum atomic E-state index is 13.6. The number of aromatic amines is 1. The highest BCUT2D eigenvalue weighted by Crippen LogP contribution is 2.20. The van der Waals surface area contributed by atoms with Gasteiger partial charge in [0.15, 0.2) is 0 Å². The summed E-state index contributed by atoms with van der Waals surface area (Å²) in [6, 6.07) is 5.23. The van der Waals surface area contributed by atoms with Gasteiger partial charge in [-0.2, -0.15) is 0 Å². The van der Waals surface area contributed by atoms with E-state index in [4.69, 9.17) is 0 Å². The number of ketones is 1. The molecule has 0 aliphatic carbocycles. The van der Waals surface area contributed by atoms with Crippen LogP contribution in [0.15, 0.2) is 30.5 Å². The van der Waals surface area contributed by atoms with Crippen LogP contribution in [-0.4, -0.2) is 58.6 Å². The number of fused-ring (bicyclic) bond motifs is 1. The molecule has 0 unspecified atom stereocenters. The Morgan fingerprint density at radius 3 is 2.33 bits per heavy atom. The molecule has 10 nitrogen and oxygen atoms in total. The quantitative estimate of drug-likeness (QED) is 0.258. The molecule has 0 bridgehead atoms. The molecule has 5 N–H and O–H groups in total. The number of hydrogen-bond donors (Lipinski definition) is 5. The van der Waals surface area contributed by atoms with E-state index in [0.29, 0.717) is 38.5 Å². The van der Waals surface area contributed by atoms with Crippen molar-refractivity contribution in [1.82, 2.24) is 26.3 Å². The van der Waals surface area contributed by atoms with Crippen LogP contribution in [0.3, 0.4) is 0 Å². The van der Waals surface area contributed by atoms with Gasteiger partial charge in [-0.25, -0.2) is 0 Å². The van der Waals surface area contributed by atoms with Gasteiger partial charge >= 0.3 is 0 Å². The van der Waals surface area contributed by atoms with Gasteiger partial charge in [0.05, 0.1) is 0 Å². The molecule has 2 aromatic rings. The third kappa shape index (κ3) is 10.3. The summed E-state index contributed by atoms with van der Waals surface area (Å²) >= 11 is 0. The molecule has 42 heavy (non-hydrogen) atoms. The SMILES string of the molecule is CCC(=O)CCCCC[C@@H]1NC(=O)[C@H](C)NC(=O)C[C@H](CC(C)C)NC(=O)C[C@H](Cc2c[nH]c3ccccc23)NC1=O. The summed E-state index contributed by atoms with van der Waals surface area (Å²) in [5, 5.41) is 12.6. The van der Waals surface area contributed by atoms with E-state index in [1.807, 2.05) is 51.2 Å². The van der Waals surface area contributed by atoms with Crippen molar-refractivity contribution in [2.24, 2.45) is 5.92 Å². The van der Waals surface area contributed by atoms with Crippen molar-refractivity contribution in [2.45, 2.75) is 116 Å². The van der Waals surface area contributed by atoms with Crippen LogP contribution in [0.5, 0.6) is 0 Å². The molecular formula is C32H47N5O5. The van der Waals surface area contributed by atoms with E-state index >= 15 is 0 Å². The highest BCUT2D eigenvalue weighted by atomic mass is 16.2. The minimum Gasteiger partial charge on any atom is -0.361 e. The number of carbonyl (C=O) groups excluding carboxylic acids is 5. The van der Waals surface area contributed by atoms with Crippen molar-refractivity contribution in [2.75, 3.05) is 0 Å².